The molecule has 0 fully saturated rings. The molecule has 0 amide bonds. The fourth-order valence-corrected chi connectivity index (χ4v) is 2.01. The third-order valence-electron chi connectivity index (χ3n) is 3.39. The highest BCUT2D eigenvalue weighted by Gasteiger charge is 2.31. The van der Waals surface area contributed by atoms with Crippen LogP contribution < -0.4 is 5.32 Å². The summed E-state index contributed by atoms with van der Waals surface area (Å²) in [4.78, 5) is 0. The van der Waals surface area contributed by atoms with Gasteiger partial charge in [-0.2, -0.15) is 0 Å². The molecular weight excluding hydrogens is 214 g/mol. The van der Waals surface area contributed by atoms with Gasteiger partial charge in [-0.25, -0.2) is 0 Å². The van der Waals surface area contributed by atoms with Crippen LogP contribution in [0.4, 0.5) is 0 Å². The van der Waals surface area contributed by atoms with Gasteiger partial charge in [-0.15, -0.1) is 0 Å². The predicted octanol–water partition coefficient (Wildman–Crippen LogP) is 2.98. The predicted molar refractivity (Wildman–Crippen MR) is 73.5 cm³/mol. The van der Waals surface area contributed by atoms with Crippen LogP contribution in [0.1, 0.15) is 54.4 Å². The maximum Gasteiger partial charge on any atom is 0.0778 e. The van der Waals surface area contributed by atoms with Gasteiger partial charge in [-0.3, -0.25) is 0 Å². The molecule has 0 aromatic carbocycles. The molecule has 1 atom stereocenters. The van der Waals surface area contributed by atoms with Gasteiger partial charge in [0.1, 0.15) is 0 Å². The molecule has 3 nitrogen and oxygen atoms in total. The Labute approximate surface area is 107 Å². The molecule has 0 saturated carbocycles. The van der Waals surface area contributed by atoms with Gasteiger partial charge in [0.15, 0.2) is 0 Å². The van der Waals surface area contributed by atoms with E-state index >= 15 is 0 Å². The van der Waals surface area contributed by atoms with E-state index in [9.17, 15) is 0 Å². The third kappa shape index (κ3) is 6.39. The zero-order chi connectivity index (χ0) is 13.5. The van der Waals surface area contributed by atoms with Crippen LogP contribution in [0.3, 0.4) is 0 Å². The molecular formula is C14H31NO2. The van der Waals surface area contributed by atoms with E-state index in [-0.39, 0.29) is 11.2 Å². The van der Waals surface area contributed by atoms with Crippen molar-refractivity contribution in [3.05, 3.63) is 0 Å². The Hall–Kier alpha value is -0.120. The number of methoxy groups -OCH3 is 1. The molecule has 1 N–H and O–H groups in total. The molecule has 0 aromatic rings. The first-order chi connectivity index (χ1) is 7.79. The number of rotatable bonds is 9. The average Bonchev–Trinajstić information content (AvgIpc) is 2.24. The highest BCUT2D eigenvalue weighted by atomic mass is 16.5. The van der Waals surface area contributed by atoms with E-state index in [1.807, 2.05) is 6.92 Å². The normalized spacial score (nSPS) is 15.0. The molecule has 0 aliphatic rings. The monoisotopic (exact) mass is 245 g/mol. The summed E-state index contributed by atoms with van der Waals surface area (Å²) in [6.45, 7) is 14.5. The van der Waals surface area contributed by atoms with Crippen LogP contribution in [0.15, 0.2) is 0 Å². The molecule has 0 spiro atoms. The van der Waals surface area contributed by atoms with Gasteiger partial charge in [0, 0.05) is 19.8 Å². The lowest BCUT2D eigenvalue weighted by atomic mass is 9.90. The topological polar surface area (TPSA) is 30.5 Å². The summed E-state index contributed by atoms with van der Waals surface area (Å²) in [6, 6.07) is 0.363. The molecule has 0 radical (unpaired) electrons. The van der Waals surface area contributed by atoms with Crippen molar-refractivity contribution in [3.8, 4) is 0 Å². The van der Waals surface area contributed by atoms with Crippen LogP contribution in [0.5, 0.6) is 0 Å². The minimum atomic E-state index is -0.130. The van der Waals surface area contributed by atoms with Crippen molar-refractivity contribution in [2.45, 2.75) is 71.6 Å². The van der Waals surface area contributed by atoms with Crippen molar-refractivity contribution in [2.24, 2.45) is 0 Å². The quantitative estimate of drug-likeness (QED) is 0.677. The highest BCUT2D eigenvalue weighted by Crippen LogP contribution is 2.23. The van der Waals surface area contributed by atoms with E-state index in [2.05, 4.69) is 39.9 Å². The van der Waals surface area contributed by atoms with Gasteiger partial charge in [0.25, 0.3) is 0 Å². The lowest BCUT2D eigenvalue weighted by Crippen LogP contribution is -2.49. The van der Waals surface area contributed by atoms with Gasteiger partial charge in [-0.05, 0) is 54.0 Å². The molecule has 0 rings (SSSR count). The molecule has 0 saturated heterocycles. The molecule has 0 aliphatic carbocycles. The zero-order valence-corrected chi connectivity index (χ0v) is 12.7. The summed E-state index contributed by atoms with van der Waals surface area (Å²) in [5, 5.41) is 3.52. The number of hydrogen-bond acceptors (Lipinski definition) is 3. The minimum absolute atomic E-state index is 0.0596. The van der Waals surface area contributed by atoms with E-state index in [0.717, 1.165) is 26.0 Å². The molecule has 104 valence electrons. The summed E-state index contributed by atoms with van der Waals surface area (Å²) in [5.74, 6) is 0. The maximum atomic E-state index is 5.84. The first kappa shape index (κ1) is 16.9. The highest BCUT2D eigenvalue weighted by molar-refractivity contribution is 4.87. The van der Waals surface area contributed by atoms with E-state index < -0.39 is 0 Å². The fourth-order valence-electron chi connectivity index (χ4n) is 2.01. The number of ether oxygens (including phenoxy) is 2. The number of nitrogens with one attached hydrogen (secondary N) is 1. The van der Waals surface area contributed by atoms with E-state index in [1.54, 1.807) is 7.11 Å². The Balaban J connectivity index is 4.43. The fraction of sp³-hybridized carbons (Fsp3) is 1.00. The first-order valence-electron chi connectivity index (χ1n) is 6.71. The zero-order valence-electron chi connectivity index (χ0n) is 12.7. The van der Waals surface area contributed by atoms with Crippen LogP contribution in [-0.2, 0) is 9.47 Å². The second-order valence-corrected chi connectivity index (χ2v) is 5.65. The molecule has 0 aliphatic heterocycles. The molecule has 1 unspecified atom stereocenters. The van der Waals surface area contributed by atoms with Crippen molar-refractivity contribution >= 4 is 0 Å². The smallest absolute Gasteiger partial charge is 0.0778 e. The van der Waals surface area contributed by atoms with E-state index in [4.69, 9.17) is 9.47 Å². The number of hydrogen-bond donors (Lipinski definition) is 1. The van der Waals surface area contributed by atoms with Gasteiger partial charge < -0.3 is 14.8 Å². The van der Waals surface area contributed by atoms with Gasteiger partial charge in [0.05, 0.1) is 11.2 Å². The summed E-state index contributed by atoms with van der Waals surface area (Å²) in [5.41, 5.74) is -0.190. The van der Waals surface area contributed by atoms with Crippen molar-refractivity contribution in [1.29, 1.82) is 0 Å². The Kier molecular flexibility index (Phi) is 7.29. The minimum Gasteiger partial charge on any atom is -0.379 e. The lowest BCUT2D eigenvalue weighted by molar-refractivity contribution is -0.0492. The SMILES string of the molecule is CCNC(CCC(C)(C)OC)C(C)(C)OCC. The molecule has 0 bridgehead atoms. The summed E-state index contributed by atoms with van der Waals surface area (Å²) < 4.78 is 11.3. The number of likely N-dealkylation sites (N-methyl/N-ethyl adjacent to an activating group) is 1. The maximum absolute atomic E-state index is 5.84. The standard InChI is InChI=1S/C14H31NO2/c1-8-15-12(14(5,6)17-9-2)10-11-13(3,4)16-7/h12,15H,8-11H2,1-7H3. The summed E-state index contributed by atoms with van der Waals surface area (Å²) in [6.07, 6.45) is 2.08. The third-order valence-corrected chi connectivity index (χ3v) is 3.39. The molecule has 3 heteroatoms. The molecule has 0 aromatic heterocycles. The van der Waals surface area contributed by atoms with Crippen molar-refractivity contribution in [3.63, 3.8) is 0 Å². The Bertz CT molecular complexity index is 202. The van der Waals surface area contributed by atoms with Crippen molar-refractivity contribution < 1.29 is 9.47 Å². The van der Waals surface area contributed by atoms with Crippen LogP contribution in [-0.4, -0.2) is 37.5 Å². The van der Waals surface area contributed by atoms with Gasteiger partial charge in [0.2, 0.25) is 0 Å². The van der Waals surface area contributed by atoms with Gasteiger partial charge in [-0.1, -0.05) is 6.92 Å². The largest absolute Gasteiger partial charge is 0.379 e. The summed E-state index contributed by atoms with van der Waals surface area (Å²) >= 11 is 0. The van der Waals surface area contributed by atoms with E-state index in [1.165, 1.54) is 0 Å². The van der Waals surface area contributed by atoms with Crippen LogP contribution in [0.2, 0.25) is 0 Å². The van der Waals surface area contributed by atoms with Crippen LogP contribution in [0.25, 0.3) is 0 Å². The second-order valence-electron chi connectivity index (χ2n) is 5.65. The Morgan fingerprint density at radius 3 is 2.12 bits per heavy atom. The van der Waals surface area contributed by atoms with Gasteiger partial charge >= 0.3 is 0 Å². The van der Waals surface area contributed by atoms with Crippen molar-refractivity contribution in [2.75, 3.05) is 20.3 Å². The lowest BCUT2D eigenvalue weighted by Gasteiger charge is -2.36. The Morgan fingerprint density at radius 2 is 1.71 bits per heavy atom. The van der Waals surface area contributed by atoms with Crippen LogP contribution >= 0.6 is 0 Å². The van der Waals surface area contributed by atoms with Crippen LogP contribution in [0, 0.1) is 0 Å². The van der Waals surface area contributed by atoms with E-state index in [0.29, 0.717) is 6.04 Å². The second kappa shape index (κ2) is 7.34. The Morgan fingerprint density at radius 1 is 1.12 bits per heavy atom. The first-order valence-corrected chi connectivity index (χ1v) is 6.71. The molecule has 17 heavy (non-hydrogen) atoms. The summed E-state index contributed by atoms with van der Waals surface area (Å²) in [7, 11) is 1.77. The molecule has 0 heterocycles. The van der Waals surface area contributed by atoms with Crippen molar-refractivity contribution in [1.82, 2.24) is 5.32 Å². The average molecular weight is 245 g/mol.